The van der Waals surface area contributed by atoms with Gasteiger partial charge in [0, 0.05) is 25.8 Å². The molecule has 1 aromatic carbocycles. The van der Waals surface area contributed by atoms with Crippen molar-refractivity contribution in [3.63, 3.8) is 0 Å². The molecule has 2 aliphatic heterocycles. The van der Waals surface area contributed by atoms with Crippen molar-refractivity contribution in [1.82, 2.24) is 52.8 Å². The molecule has 30 nitrogen and oxygen atoms in total. The lowest BCUT2D eigenvalue weighted by Gasteiger charge is -2.33. The van der Waals surface area contributed by atoms with Crippen molar-refractivity contribution in [2.24, 2.45) is 17.6 Å². The highest BCUT2D eigenvalue weighted by atomic mass is 16.4. The quantitative estimate of drug-likeness (QED) is 0.0299. The van der Waals surface area contributed by atoms with Gasteiger partial charge in [0.25, 0.3) is 0 Å². The summed E-state index contributed by atoms with van der Waals surface area (Å²) in [5.41, 5.74) is 6.03. The maximum atomic E-state index is 14.4. The number of aliphatic carboxylic acids is 4. The highest BCUT2D eigenvalue weighted by Crippen LogP contribution is 2.22. The van der Waals surface area contributed by atoms with Gasteiger partial charge in [0.15, 0.2) is 0 Å². The van der Waals surface area contributed by atoms with E-state index in [1.807, 2.05) is 0 Å². The summed E-state index contributed by atoms with van der Waals surface area (Å²) < 4.78 is 0. The Kier molecular flexibility index (Phi) is 28.9. The van der Waals surface area contributed by atoms with E-state index < -0.39 is 175 Å². The summed E-state index contributed by atoms with van der Waals surface area (Å²) in [6.07, 6.45) is -3.09. The van der Waals surface area contributed by atoms with Crippen LogP contribution in [0.2, 0.25) is 0 Å². The molecule has 84 heavy (non-hydrogen) atoms. The molecule has 0 bridgehead atoms. The number of unbranched alkanes of at least 4 members (excludes halogenated alkanes) is 1. The molecular weight excluding hydrogens is 1110 g/mol. The second-order valence-corrected chi connectivity index (χ2v) is 21.7. The largest absolute Gasteiger partial charge is 0.508 e. The smallest absolute Gasteiger partial charge is 0.326 e. The third-order valence-corrected chi connectivity index (χ3v) is 14.0. The minimum Gasteiger partial charge on any atom is -0.508 e. The summed E-state index contributed by atoms with van der Waals surface area (Å²) in [5.74, 6) is -15.3. The van der Waals surface area contributed by atoms with E-state index in [9.17, 15) is 93.0 Å². The molecule has 0 aliphatic carbocycles. The summed E-state index contributed by atoms with van der Waals surface area (Å²) in [4.78, 5) is 173. The molecule has 2 saturated heterocycles. The van der Waals surface area contributed by atoms with Crippen LogP contribution in [0.3, 0.4) is 0 Å². The number of amides is 9. The SMILES string of the molecule is CC(C)C[C@H](NC(=O)[C@H](CCC(=O)O)NC(=O)[C@@H]1CCCN1C(=O)[C@@H](NC(=O)[C@@H](NC(=O)[C@H](CCC(=O)O)NC(=O)[C@@H]1CCCN1)[C@@H](C)O)C(C)C)C(=O)N[C@@H](Cc1ccc(O)cc1)C(=O)N[C@@H](CCCCN)C(=O)N[C@@H](CC(=O)O)C(=O)O. The van der Waals surface area contributed by atoms with E-state index in [1.165, 1.54) is 31.2 Å². The number of carbonyl (C=O) groups excluding carboxylic acids is 9. The van der Waals surface area contributed by atoms with Crippen molar-refractivity contribution in [2.45, 2.75) is 191 Å². The zero-order chi connectivity index (χ0) is 63.0. The fourth-order valence-corrected chi connectivity index (χ4v) is 9.42. The third kappa shape index (κ3) is 23.3. The van der Waals surface area contributed by atoms with E-state index in [4.69, 9.17) is 5.73 Å². The first-order chi connectivity index (χ1) is 39.5. The number of carbonyl (C=O) groups is 13. The number of aliphatic hydroxyl groups excluding tert-OH is 1. The second-order valence-electron chi connectivity index (χ2n) is 21.7. The fourth-order valence-electron chi connectivity index (χ4n) is 9.42. The van der Waals surface area contributed by atoms with Crippen molar-refractivity contribution < 1.29 is 93.0 Å². The highest BCUT2D eigenvalue weighted by Gasteiger charge is 2.42. The first-order valence-electron chi connectivity index (χ1n) is 28.0. The normalized spacial score (nSPS) is 18.0. The highest BCUT2D eigenvalue weighted by molar-refractivity contribution is 5.99. The van der Waals surface area contributed by atoms with Crippen molar-refractivity contribution >= 4 is 77.0 Å². The predicted molar refractivity (Wildman–Crippen MR) is 296 cm³/mol. The maximum absolute atomic E-state index is 14.4. The molecule has 11 atom stereocenters. The Labute approximate surface area is 485 Å². The van der Waals surface area contributed by atoms with Gasteiger partial charge in [-0.1, -0.05) is 39.8 Å². The van der Waals surface area contributed by atoms with Crippen LogP contribution in [0.15, 0.2) is 24.3 Å². The number of hydrogen-bond donors (Lipinski definition) is 16. The van der Waals surface area contributed by atoms with Crippen LogP contribution in [0, 0.1) is 11.8 Å². The predicted octanol–water partition coefficient (Wildman–Crippen LogP) is -2.94. The van der Waals surface area contributed by atoms with E-state index in [1.54, 1.807) is 27.7 Å². The number of rotatable bonds is 36. The molecule has 3 rings (SSSR count). The number of carboxylic acid groups (broad SMARTS) is 4. The van der Waals surface area contributed by atoms with Gasteiger partial charge in [-0.05, 0) is 114 Å². The van der Waals surface area contributed by atoms with Crippen LogP contribution >= 0.6 is 0 Å². The monoisotopic (exact) mass is 1190 g/mol. The molecule has 17 N–H and O–H groups in total. The summed E-state index contributed by atoms with van der Waals surface area (Å²) in [6.45, 7) is 8.43. The molecule has 0 unspecified atom stereocenters. The number of likely N-dealkylation sites (tertiary alicyclic amines) is 1. The van der Waals surface area contributed by atoms with Gasteiger partial charge in [-0.2, -0.15) is 0 Å². The molecule has 30 heteroatoms. The zero-order valence-electron chi connectivity index (χ0n) is 47.9. The van der Waals surface area contributed by atoms with Crippen LogP contribution in [0.1, 0.15) is 124 Å². The molecule has 2 aliphatic rings. The number of hydrogen-bond acceptors (Lipinski definition) is 17. The summed E-state index contributed by atoms with van der Waals surface area (Å²) in [6, 6.07) is -9.00. The van der Waals surface area contributed by atoms with E-state index in [-0.39, 0.29) is 69.7 Å². The zero-order valence-corrected chi connectivity index (χ0v) is 47.9. The number of nitrogens with two attached hydrogens (primary N) is 1. The molecule has 0 spiro atoms. The van der Waals surface area contributed by atoms with Gasteiger partial charge in [0.2, 0.25) is 53.2 Å². The molecule has 0 radical (unpaired) electrons. The van der Waals surface area contributed by atoms with Crippen LogP contribution in [-0.4, -0.2) is 199 Å². The van der Waals surface area contributed by atoms with Gasteiger partial charge in [-0.3, -0.25) is 57.5 Å². The molecule has 2 heterocycles. The Bertz CT molecular complexity index is 2490. The third-order valence-electron chi connectivity index (χ3n) is 14.0. The Hall–Kier alpha value is -7.99. The number of aromatic hydroxyl groups is 1. The molecule has 1 aromatic rings. The first kappa shape index (κ1) is 70.3. The molecular formula is C54H83N11O19. The van der Waals surface area contributed by atoms with Gasteiger partial charge in [0.1, 0.15) is 60.1 Å². The molecule has 468 valence electrons. The molecule has 0 aromatic heterocycles. The maximum Gasteiger partial charge on any atom is 0.326 e. The minimum absolute atomic E-state index is 0.0262. The van der Waals surface area contributed by atoms with Gasteiger partial charge in [-0.25, -0.2) is 4.79 Å². The lowest BCUT2D eigenvalue weighted by Crippen LogP contribution is -2.62. The van der Waals surface area contributed by atoms with Crippen molar-refractivity contribution in [3.8, 4) is 5.75 Å². The Balaban J connectivity index is 1.88. The van der Waals surface area contributed by atoms with Crippen molar-refractivity contribution in [3.05, 3.63) is 29.8 Å². The van der Waals surface area contributed by atoms with Gasteiger partial charge < -0.3 is 89.1 Å². The molecule has 9 amide bonds. The van der Waals surface area contributed by atoms with E-state index in [0.717, 1.165) is 4.90 Å². The van der Waals surface area contributed by atoms with Crippen molar-refractivity contribution in [2.75, 3.05) is 19.6 Å². The lowest BCUT2D eigenvalue weighted by atomic mass is 9.99. The number of phenols is 1. The Morgan fingerprint density at radius 1 is 0.583 bits per heavy atom. The van der Waals surface area contributed by atoms with Crippen LogP contribution in [0.25, 0.3) is 0 Å². The fraction of sp³-hybridized carbons (Fsp3) is 0.648. The van der Waals surface area contributed by atoms with E-state index in [2.05, 4.69) is 47.9 Å². The number of phenolic OH excluding ortho intramolecular Hbond substituents is 1. The average Bonchev–Trinajstić information content (AvgIpc) is 4.35. The van der Waals surface area contributed by atoms with E-state index >= 15 is 0 Å². The number of nitrogens with one attached hydrogen (secondary N) is 9. The average molecular weight is 1190 g/mol. The number of aliphatic hydroxyl groups is 1. The Morgan fingerprint density at radius 2 is 1.10 bits per heavy atom. The molecule has 2 fully saturated rings. The number of benzene rings is 1. The van der Waals surface area contributed by atoms with Crippen LogP contribution in [0.5, 0.6) is 5.75 Å². The van der Waals surface area contributed by atoms with Crippen molar-refractivity contribution in [1.29, 1.82) is 0 Å². The van der Waals surface area contributed by atoms with Crippen LogP contribution in [0.4, 0.5) is 0 Å². The standard InChI is InChI=1S/C54H83N11O19/c1-27(2)24-36(49(78)61-37(25-30-13-15-31(67)16-14-30)50(79)57-33(10-6-7-21-55)46(75)62-38(54(83)84)26-42(72)73)60-47(76)34(17-19-40(68)69)59-51(80)39-12-9-23-65(39)53(82)43(28(3)4)63-52(81)44(29(5)66)64-48(77)35(18-20-41(70)71)58-45(74)32-11-8-22-56-32/h13-16,27-29,32-39,43-44,56,66-67H,6-12,17-26,55H2,1-5H3,(H,57,79)(H,58,74)(H,59,80)(H,60,76)(H,61,78)(H,62,75)(H,63,81)(H,64,77)(H,68,69)(H,70,71)(H,72,73)(H,83,84)/t29-,32+,33+,34+,35+,36+,37+,38+,39+,43+,44+/m1/s1. The second kappa shape index (κ2) is 34.6. The summed E-state index contributed by atoms with van der Waals surface area (Å²) in [5, 5.41) is 81.2. The Morgan fingerprint density at radius 3 is 1.61 bits per heavy atom. The van der Waals surface area contributed by atoms with Gasteiger partial charge in [-0.15, -0.1) is 0 Å². The topological polar surface area (TPSA) is 481 Å². The minimum atomic E-state index is -1.88. The van der Waals surface area contributed by atoms with Crippen LogP contribution in [-0.2, 0) is 68.7 Å². The van der Waals surface area contributed by atoms with Gasteiger partial charge >= 0.3 is 23.9 Å². The van der Waals surface area contributed by atoms with Gasteiger partial charge in [0.05, 0.1) is 18.6 Å². The summed E-state index contributed by atoms with van der Waals surface area (Å²) in [7, 11) is 0. The first-order valence-corrected chi connectivity index (χ1v) is 28.0. The number of nitrogens with zero attached hydrogens (tertiary/aromatic N) is 1. The summed E-state index contributed by atoms with van der Waals surface area (Å²) >= 11 is 0. The van der Waals surface area contributed by atoms with E-state index in [0.29, 0.717) is 31.4 Å². The molecule has 0 saturated carbocycles. The lowest BCUT2D eigenvalue weighted by molar-refractivity contribution is -0.147. The number of carboxylic acids is 4. The van der Waals surface area contributed by atoms with Crippen LogP contribution < -0.4 is 53.6 Å².